The lowest BCUT2D eigenvalue weighted by Gasteiger charge is -2.25. The van der Waals surface area contributed by atoms with Crippen LogP contribution in [0.3, 0.4) is 0 Å². The van der Waals surface area contributed by atoms with Crippen LogP contribution in [0.5, 0.6) is 5.75 Å². The maximum absolute atomic E-state index is 12.0. The largest absolute Gasteiger partial charge is 0.495 e. The molecule has 1 aromatic rings. The molecular formula is C13H17ClN2O2S. The van der Waals surface area contributed by atoms with Gasteiger partial charge in [0.15, 0.2) is 0 Å². The van der Waals surface area contributed by atoms with Crippen LogP contribution in [0, 0.1) is 0 Å². The highest BCUT2D eigenvalue weighted by Crippen LogP contribution is 2.27. The van der Waals surface area contributed by atoms with Crippen LogP contribution >= 0.6 is 23.4 Å². The number of halogens is 1. The number of hydrogen-bond acceptors (Lipinski definition) is 4. The predicted molar refractivity (Wildman–Crippen MR) is 80.4 cm³/mol. The smallest absolute Gasteiger partial charge is 0.238 e. The summed E-state index contributed by atoms with van der Waals surface area (Å²) in [5, 5.41) is 3.43. The van der Waals surface area contributed by atoms with Crippen molar-refractivity contribution in [1.82, 2.24) is 4.90 Å². The van der Waals surface area contributed by atoms with E-state index < -0.39 is 0 Å². The van der Waals surface area contributed by atoms with Gasteiger partial charge in [0.05, 0.1) is 19.3 Å². The van der Waals surface area contributed by atoms with Gasteiger partial charge >= 0.3 is 0 Å². The van der Waals surface area contributed by atoms with Gasteiger partial charge in [0.25, 0.3) is 0 Å². The summed E-state index contributed by atoms with van der Waals surface area (Å²) in [6, 6.07) is 5.18. The van der Waals surface area contributed by atoms with E-state index in [9.17, 15) is 4.79 Å². The van der Waals surface area contributed by atoms with E-state index >= 15 is 0 Å². The second kappa shape index (κ2) is 7.03. The third kappa shape index (κ3) is 4.30. The van der Waals surface area contributed by atoms with E-state index in [1.54, 1.807) is 25.3 Å². The Morgan fingerprint density at radius 3 is 2.89 bits per heavy atom. The zero-order valence-corrected chi connectivity index (χ0v) is 12.4. The molecule has 1 saturated heterocycles. The molecule has 1 fully saturated rings. The van der Waals surface area contributed by atoms with Crippen LogP contribution in [0.2, 0.25) is 5.02 Å². The number of carbonyl (C=O) groups excluding carboxylic acids is 1. The van der Waals surface area contributed by atoms with Crippen molar-refractivity contribution in [2.45, 2.75) is 0 Å². The lowest BCUT2D eigenvalue weighted by atomic mass is 10.3. The maximum atomic E-state index is 12.0. The highest BCUT2D eigenvalue weighted by molar-refractivity contribution is 7.99. The third-order valence-corrected chi connectivity index (χ3v) is 4.08. The molecule has 1 aliphatic rings. The number of benzene rings is 1. The Morgan fingerprint density at radius 1 is 1.47 bits per heavy atom. The highest BCUT2D eigenvalue weighted by Gasteiger charge is 2.15. The molecule has 6 heteroatoms. The Bertz CT molecular complexity index is 450. The summed E-state index contributed by atoms with van der Waals surface area (Å²) in [7, 11) is 1.57. The summed E-state index contributed by atoms with van der Waals surface area (Å²) in [5.74, 6) is 2.76. The van der Waals surface area contributed by atoms with E-state index in [0.29, 0.717) is 23.0 Å². The molecule has 0 saturated carbocycles. The quantitative estimate of drug-likeness (QED) is 0.927. The summed E-state index contributed by atoms with van der Waals surface area (Å²) >= 11 is 7.86. The van der Waals surface area contributed by atoms with Crippen LogP contribution in [0.15, 0.2) is 18.2 Å². The van der Waals surface area contributed by atoms with Crippen molar-refractivity contribution in [2.24, 2.45) is 0 Å². The number of thioether (sulfide) groups is 1. The first-order chi connectivity index (χ1) is 9.19. The standard InChI is InChI=1S/C13H17ClN2O2S/c1-18-12-3-2-10(14)8-11(12)15-13(17)9-16-4-6-19-7-5-16/h2-3,8H,4-7,9H2,1H3,(H,15,17). The average molecular weight is 301 g/mol. The van der Waals surface area contributed by atoms with Gasteiger partial charge in [-0.25, -0.2) is 0 Å². The van der Waals surface area contributed by atoms with E-state index in [-0.39, 0.29) is 5.91 Å². The number of nitrogens with zero attached hydrogens (tertiary/aromatic N) is 1. The first-order valence-corrected chi connectivity index (χ1v) is 7.66. The number of amides is 1. The van der Waals surface area contributed by atoms with Gasteiger partial charge in [0.1, 0.15) is 5.75 Å². The van der Waals surface area contributed by atoms with Gasteiger partial charge in [-0.15, -0.1) is 0 Å². The molecule has 1 heterocycles. The summed E-state index contributed by atoms with van der Waals surface area (Å²) < 4.78 is 5.20. The Hall–Kier alpha value is -0.910. The molecule has 1 amide bonds. The summed E-state index contributed by atoms with van der Waals surface area (Å²) in [4.78, 5) is 14.2. The van der Waals surface area contributed by atoms with Crippen molar-refractivity contribution in [3.05, 3.63) is 23.2 Å². The van der Waals surface area contributed by atoms with Gasteiger partial charge in [0.2, 0.25) is 5.91 Å². The predicted octanol–water partition coefficient (Wildman–Crippen LogP) is 2.34. The average Bonchev–Trinajstić information content (AvgIpc) is 2.40. The SMILES string of the molecule is COc1ccc(Cl)cc1NC(=O)CN1CCSCC1. The monoisotopic (exact) mass is 300 g/mol. The second-order valence-electron chi connectivity index (χ2n) is 4.28. The van der Waals surface area contributed by atoms with Crippen molar-refractivity contribution in [3.63, 3.8) is 0 Å². The van der Waals surface area contributed by atoms with Gasteiger partial charge in [-0.1, -0.05) is 11.6 Å². The van der Waals surface area contributed by atoms with E-state index in [4.69, 9.17) is 16.3 Å². The first kappa shape index (κ1) is 14.5. The fraction of sp³-hybridized carbons (Fsp3) is 0.462. The van der Waals surface area contributed by atoms with Gasteiger partial charge in [-0.3, -0.25) is 9.69 Å². The number of nitrogens with one attached hydrogen (secondary N) is 1. The Kier molecular flexibility index (Phi) is 5.36. The highest BCUT2D eigenvalue weighted by atomic mass is 35.5. The molecule has 1 N–H and O–H groups in total. The van der Waals surface area contributed by atoms with Crippen LogP contribution in [0.4, 0.5) is 5.69 Å². The minimum Gasteiger partial charge on any atom is -0.495 e. The van der Waals surface area contributed by atoms with E-state index in [2.05, 4.69) is 10.2 Å². The van der Waals surface area contributed by atoms with E-state index in [0.717, 1.165) is 24.6 Å². The van der Waals surface area contributed by atoms with Crippen LogP contribution < -0.4 is 10.1 Å². The van der Waals surface area contributed by atoms with Crippen LogP contribution in [0.25, 0.3) is 0 Å². The summed E-state index contributed by atoms with van der Waals surface area (Å²) in [6.45, 7) is 2.34. The normalized spacial score (nSPS) is 16.1. The van der Waals surface area contributed by atoms with Gasteiger partial charge in [-0.2, -0.15) is 11.8 Å². The molecule has 0 aliphatic carbocycles. The minimum atomic E-state index is -0.0348. The summed E-state index contributed by atoms with van der Waals surface area (Å²) in [5.41, 5.74) is 0.617. The molecule has 2 rings (SSSR count). The van der Waals surface area contributed by atoms with Gasteiger partial charge < -0.3 is 10.1 Å². The number of ether oxygens (including phenoxy) is 1. The molecular weight excluding hydrogens is 284 g/mol. The number of hydrogen-bond donors (Lipinski definition) is 1. The van der Waals surface area contributed by atoms with Crippen molar-refractivity contribution < 1.29 is 9.53 Å². The topological polar surface area (TPSA) is 41.6 Å². The van der Waals surface area contributed by atoms with Crippen molar-refractivity contribution in [3.8, 4) is 5.75 Å². The number of carbonyl (C=O) groups is 1. The van der Waals surface area contributed by atoms with Crippen LogP contribution in [-0.2, 0) is 4.79 Å². The molecule has 104 valence electrons. The lowest BCUT2D eigenvalue weighted by Crippen LogP contribution is -2.38. The fourth-order valence-electron chi connectivity index (χ4n) is 1.93. The van der Waals surface area contributed by atoms with Crippen molar-refractivity contribution in [1.29, 1.82) is 0 Å². The van der Waals surface area contributed by atoms with Crippen molar-refractivity contribution in [2.75, 3.05) is 43.6 Å². The lowest BCUT2D eigenvalue weighted by molar-refractivity contribution is -0.117. The molecule has 0 atom stereocenters. The molecule has 1 aliphatic heterocycles. The summed E-state index contributed by atoms with van der Waals surface area (Å²) in [6.07, 6.45) is 0. The third-order valence-electron chi connectivity index (χ3n) is 2.91. The Morgan fingerprint density at radius 2 is 2.21 bits per heavy atom. The molecule has 19 heavy (non-hydrogen) atoms. The molecule has 0 spiro atoms. The minimum absolute atomic E-state index is 0.0348. The molecule has 0 radical (unpaired) electrons. The number of rotatable bonds is 4. The van der Waals surface area contributed by atoms with Gasteiger partial charge in [-0.05, 0) is 18.2 Å². The second-order valence-corrected chi connectivity index (χ2v) is 5.94. The number of methoxy groups -OCH3 is 1. The molecule has 0 aromatic heterocycles. The van der Waals surface area contributed by atoms with E-state index in [1.165, 1.54) is 0 Å². The molecule has 0 unspecified atom stereocenters. The molecule has 4 nitrogen and oxygen atoms in total. The Labute approximate surface area is 122 Å². The zero-order valence-electron chi connectivity index (χ0n) is 10.8. The zero-order chi connectivity index (χ0) is 13.7. The van der Waals surface area contributed by atoms with Gasteiger partial charge in [0, 0.05) is 29.6 Å². The number of anilines is 1. The molecule has 0 bridgehead atoms. The fourth-order valence-corrected chi connectivity index (χ4v) is 3.08. The van der Waals surface area contributed by atoms with Crippen LogP contribution in [-0.4, -0.2) is 49.1 Å². The first-order valence-electron chi connectivity index (χ1n) is 6.12. The maximum Gasteiger partial charge on any atom is 0.238 e. The van der Waals surface area contributed by atoms with Crippen molar-refractivity contribution >= 4 is 35.0 Å². The van der Waals surface area contributed by atoms with E-state index in [1.807, 2.05) is 11.8 Å². The van der Waals surface area contributed by atoms with Crippen LogP contribution in [0.1, 0.15) is 0 Å². The Balaban J connectivity index is 1.95. The molecule has 1 aromatic carbocycles.